The quantitative estimate of drug-likeness (QED) is 0.807. The van der Waals surface area contributed by atoms with Gasteiger partial charge in [-0.05, 0) is 48.1 Å². The lowest BCUT2D eigenvalue weighted by molar-refractivity contribution is -0.0152. The number of aliphatic hydroxyl groups is 1. The molecule has 0 spiro atoms. The lowest BCUT2D eigenvalue weighted by atomic mass is 9.73. The molecule has 0 heterocycles. The van der Waals surface area contributed by atoms with E-state index in [-0.39, 0.29) is 5.41 Å². The normalized spacial score (nSPS) is 27.6. The zero-order valence-corrected chi connectivity index (χ0v) is 13.6. The highest BCUT2D eigenvalue weighted by molar-refractivity contribution is 5.31. The van der Waals surface area contributed by atoms with Crippen molar-refractivity contribution in [1.82, 2.24) is 0 Å². The van der Waals surface area contributed by atoms with Gasteiger partial charge in [0.05, 0.1) is 5.60 Å². The Morgan fingerprint density at radius 2 is 1.65 bits per heavy atom. The van der Waals surface area contributed by atoms with Crippen LogP contribution < -0.4 is 0 Å². The van der Waals surface area contributed by atoms with E-state index in [1.807, 2.05) is 0 Å². The number of hydrogen-bond donors (Lipinski definition) is 1. The summed E-state index contributed by atoms with van der Waals surface area (Å²) in [7, 11) is 0. The minimum absolute atomic E-state index is 0.180. The van der Waals surface area contributed by atoms with E-state index in [0.717, 1.165) is 24.3 Å². The van der Waals surface area contributed by atoms with E-state index >= 15 is 0 Å². The van der Waals surface area contributed by atoms with Crippen LogP contribution in [-0.2, 0) is 11.0 Å². The summed E-state index contributed by atoms with van der Waals surface area (Å²) >= 11 is 0. The maximum atomic E-state index is 10.9. The minimum atomic E-state index is -0.583. The van der Waals surface area contributed by atoms with Gasteiger partial charge in [-0.2, -0.15) is 0 Å². The van der Waals surface area contributed by atoms with Gasteiger partial charge in [-0.1, -0.05) is 64.8 Å². The summed E-state index contributed by atoms with van der Waals surface area (Å²) in [5.74, 6) is 0.828. The van der Waals surface area contributed by atoms with Crippen LogP contribution in [0, 0.1) is 5.92 Å². The Morgan fingerprint density at radius 3 is 2.10 bits per heavy atom. The van der Waals surface area contributed by atoms with Gasteiger partial charge < -0.3 is 5.11 Å². The second-order valence-corrected chi connectivity index (χ2v) is 7.59. The van der Waals surface area contributed by atoms with Gasteiger partial charge in [-0.15, -0.1) is 0 Å². The summed E-state index contributed by atoms with van der Waals surface area (Å²) in [6, 6.07) is 8.65. The first-order chi connectivity index (χ1) is 9.35. The molecule has 1 aromatic carbocycles. The van der Waals surface area contributed by atoms with E-state index in [1.54, 1.807) is 0 Å². The second kappa shape index (κ2) is 5.89. The molecule has 20 heavy (non-hydrogen) atoms. The summed E-state index contributed by atoms with van der Waals surface area (Å²) < 4.78 is 0. The van der Waals surface area contributed by atoms with Crippen LogP contribution in [-0.4, -0.2) is 5.11 Å². The Labute approximate surface area is 124 Å². The lowest BCUT2D eigenvalue weighted by Crippen LogP contribution is -2.31. The van der Waals surface area contributed by atoms with Gasteiger partial charge in [0.25, 0.3) is 0 Å². The van der Waals surface area contributed by atoms with Crippen molar-refractivity contribution in [3.8, 4) is 0 Å². The van der Waals surface area contributed by atoms with Gasteiger partial charge in [-0.3, -0.25) is 0 Å². The summed E-state index contributed by atoms with van der Waals surface area (Å²) in [6.45, 7) is 8.94. The predicted molar refractivity (Wildman–Crippen MR) is 85.9 cm³/mol. The van der Waals surface area contributed by atoms with E-state index in [1.165, 1.54) is 31.2 Å². The van der Waals surface area contributed by atoms with Crippen molar-refractivity contribution in [3.63, 3.8) is 0 Å². The maximum Gasteiger partial charge on any atom is 0.0896 e. The van der Waals surface area contributed by atoms with Crippen LogP contribution in [0.4, 0.5) is 0 Å². The molecule has 0 unspecified atom stereocenters. The van der Waals surface area contributed by atoms with E-state index in [9.17, 15) is 5.11 Å². The zero-order chi connectivity index (χ0) is 14.8. The standard InChI is InChI=1S/C19H30O/c1-5-6-15-11-13-19(20,14-12-15)17-9-7-16(8-10-17)18(2,3)4/h7-10,15,20H,5-6,11-14H2,1-4H3. The van der Waals surface area contributed by atoms with Crippen molar-refractivity contribution in [2.45, 2.75) is 77.2 Å². The SMILES string of the molecule is CCCC1CCC(O)(c2ccc(C(C)(C)C)cc2)CC1. The van der Waals surface area contributed by atoms with Crippen molar-refractivity contribution in [2.24, 2.45) is 5.92 Å². The molecule has 0 amide bonds. The Kier molecular flexibility index (Phi) is 4.59. The van der Waals surface area contributed by atoms with Gasteiger partial charge in [-0.25, -0.2) is 0 Å². The molecule has 0 atom stereocenters. The lowest BCUT2D eigenvalue weighted by Gasteiger charge is -2.36. The monoisotopic (exact) mass is 274 g/mol. The molecule has 1 aliphatic rings. The van der Waals surface area contributed by atoms with Crippen LogP contribution in [0.25, 0.3) is 0 Å². The van der Waals surface area contributed by atoms with Crippen molar-refractivity contribution in [2.75, 3.05) is 0 Å². The molecule has 1 aliphatic carbocycles. The van der Waals surface area contributed by atoms with E-state index in [4.69, 9.17) is 0 Å². The molecule has 0 saturated heterocycles. The van der Waals surface area contributed by atoms with Gasteiger partial charge in [0.1, 0.15) is 0 Å². The van der Waals surface area contributed by atoms with E-state index < -0.39 is 5.60 Å². The average molecular weight is 274 g/mol. The molecule has 1 heteroatoms. The largest absolute Gasteiger partial charge is 0.385 e. The predicted octanol–water partition coefficient (Wildman–Crippen LogP) is 5.16. The molecule has 2 rings (SSSR count). The fourth-order valence-corrected chi connectivity index (χ4v) is 3.42. The highest BCUT2D eigenvalue weighted by atomic mass is 16.3. The van der Waals surface area contributed by atoms with Crippen molar-refractivity contribution < 1.29 is 5.11 Å². The molecule has 0 bridgehead atoms. The summed E-state index contributed by atoms with van der Waals surface area (Å²) in [4.78, 5) is 0. The topological polar surface area (TPSA) is 20.2 Å². The molecule has 1 fully saturated rings. The van der Waals surface area contributed by atoms with Crippen LogP contribution in [0.3, 0.4) is 0 Å². The van der Waals surface area contributed by atoms with Crippen molar-refractivity contribution >= 4 is 0 Å². The van der Waals surface area contributed by atoms with Crippen LogP contribution in [0.2, 0.25) is 0 Å². The second-order valence-electron chi connectivity index (χ2n) is 7.59. The zero-order valence-electron chi connectivity index (χ0n) is 13.6. The maximum absolute atomic E-state index is 10.9. The fourth-order valence-electron chi connectivity index (χ4n) is 3.42. The first-order valence-corrected chi connectivity index (χ1v) is 8.18. The molecule has 0 radical (unpaired) electrons. The first-order valence-electron chi connectivity index (χ1n) is 8.18. The Bertz CT molecular complexity index is 416. The molecule has 0 aliphatic heterocycles. The highest BCUT2D eigenvalue weighted by Crippen LogP contribution is 2.41. The molecule has 0 aromatic heterocycles. The number of rotatable bonds is 3. The highest BCUT2D eigenvalue weighted by Gasteiger charge is 2.34. The minimum Gasteiger partial charge on any atom is -0.385 e. The van der Waals surface area contributed by atoms with Crippen LogP contribution >= 0.6 is 0 Å². The third-order valence-electron chi connectivity index (χ3n) is 4.92. The Hall–Kier alpha value is -0.820. The van der Waals surface area contributed by atoms with Gasteiger partial charge in [0.15, 0.2) is 0 Å². The molecule has 1 aromatic rings. The number of hydrogen-bond acceptors (Lipinski definition) is 1. The Morgan fingerprint density at radius 1 is 1.10 bits per heavy atom. The van der Waals surface area contributed by atoms with E-state index in [2.05, 4.69) is 52.0 Å². The van der Waals surface area contributed by atoms with Gasteiger partial charge in [0.2, 0.25) is 0 Å². The van der Waals surface area contributed by atoms with Gasteiger partial charge in [0, 0.05) is 0 Å². The van der Waals surface area contributed by atoms with Crippen LogP contribution in [0.5, 0.6) is 0 Å². The van der Waals surface area contributed by atoms with Crippen molar-refractivity contribution in [1.29, 1.82) is 0 Å². The summed E-state index contributed by atoms with van der Waals surface area (Å²) in [6.07, 6.45) is 6.78. The fraction of sp³-hybridized carbons (Fsp3) is 0.684. The van der Waals surface area contributed by atoms with Crippen LogP contribution in [0.1, 0.15) is 77.3 Å². The molecular weight excluding hydrogens is 244 g/mol. The Balaban J connectivity index is 2.08. The third kappa shape index (κ3) is 3.44. The van der Waals surface area contributed by atoms with E-state index in [0.29, 0.717) is 0 Å². The molecule has 1 nitrogen and oxygen atoms in total. The average Bonchev–Trinajstić information content (AvgIpc) is 2.41. The molecule has 112 valence electrons. The molecule has 1 saturated carbocycles. The van der Waals surface area contributed by atoms with Gasteiger partial charge >= 0.3 is 0 Å². The van der Waals surface area contributed by atoms with Crippen LogP contribution in [0.15, 0.2) is 24.3 Å². The summed E-state index contributed by atoms with van der Waals surface area (Å²) in [5, 5.41) is 10.9. The smallest absolute Gasteiger partial charge is 0.0896 e. The number of benzene rings is 1. The third-order valence-corrected chi connectivity index (χ3v) is 4.92. The summed E-state index contributed by atoms with van der Waals surface area (Å²) in [5.41, 5.74) is 2.05. The molecular formula is C19H30O. The first kappa shape index (κ1) is 15.6. The molecule has 1 N–H and O–H groups in total. The van der Waals surface area contributed by atoms with Crippen molar-refractivity contribution in [3.05, 3.63) is 35.4 Å².